The van der Waals surface area contributed by atoms with Crippen molar-refractivity contribution < 1.29 is 4.92 Å². The zero-order valence-corrected chi connectivity index (χ0v) is 7.54. The fourth-order valence-electron chi connectivity index (χ4n) is 1.12. The molecule has 0 atom stereocenters. The summed E-state index contributed by atoms with van der Waals surface area (Å²) in [5, 5.41) is 16.8. The lowest BCUT2D eigenvalue weighted by atomic mass is 10.2. The first-order chi connectivity index (χ1) is 7.16. The van der Waals surface area contributed by atoms with Gasteiger partial charge in [0, 0.05) is 12.1 Å². The summed E-state index contributed by atoms with van der Waals surface area (Å²) in [5.74, 6) is 0.352. The fraction of sp³-hybridized carbons (Fsp3) is 0. The maximum absolute atomic E-state index is 10.4. The predicted octanol–water partition coefficient (Wildman–Crippen LogP) is 0.962. The Hall–Kier alpha value is -2.44. The van der Waals surface area contributed by atoms with E-state index in [2.05, 4.69) is 15.2 Å². The molecule has 76 valence electrons. The van der Waals surface area contributed by atoms with Crippen LogP contribution in [0.5, 0.6) is 0 Å². The first-order valence-electron chi connectivity index (χ1n) is 4.08. The molecule has 2 aromatic heterocycles. The van der Waals surface area contributed by atoms with Gasteiger partial charge in [0.2, 0.25) is 0 Å². The average molecular weight is 205 g/mol. The minimum Gasteiger partial charge on any atom is -0.382 e. The van der Waals surface area contributed by atoms with Crippen molar-refractivity contribution in [3.63, 3.8) is 0 Å². The van der Waals surface area contributed by atoms with Crippen molar-refractivity contribution in [2.24, 2.45) is 0 Å². The molecule has 0 spiro atoms. The molecule has 2 heterocycles. The SMILES string of the molecule is Nc1cc(-c2ccc([N+](=O)[O-])cn2)[nH]n1. The minimum atomic E-state index is -0.502. The summed E-state index contributed by atoms with van der Waals surface area (Å²) in [6.45, 7) is 0. The van der Waals surface area contributed by atoms with Crippen molar-refractivity contribution in [1.29, 1.82) is 0 Å². The van der Waals surface area contributed by atoms with Crippen LogP contribution in [0.4, 0.5) is 11.5 Å². The molecule has 0 saturated carbocycles. The van der Waals surface area contributed by atoms with Crippen molar-refractivity contribution in [2.75, 3.05) is 5.73 Å². The van der Waals surface area contributed by atoms with E-state index in [1.165, 1.54) is 18.3 Å². The molecule has 2 aromatic rings. The first kappa shape index (κ1) is 9.13. The summed E-state index contributed by atoms with van der Waals surface area (Å²) in [4.78, 5) is 13.8. The third-order valence-corrected chi connectivity index (χ3v) is 1.83. The maximum Gasteiger partial charge on any atom is 0.287 e. The number of nitrogens with zero attached hydrogens (tertiary/aromatic N) is 3. The monoisotopic (exact) mass is 205 g/mol. The molecule has 2 rings (SSSR count). The van der Waals surface area contributed by atoms with E-state index in [1.807, 2.05) is 0 Å². The van der Waals surface area contributed by atoms with Crippen LogP contribution >= 0.6 is 0 Å². The summed E-state index contributed by atoms with van der Waals surface area (Å²) in [7, 11) is 0. The largest absolute Gasteiger partial charge is 0.382 e. The van der Waals surface area contributed by atoms with Crippen molar-refractivity contribution in [3.05, 3.63) is 34.5 Å². The zero-order chi connectivity index (χ0) is 10.8. The Bertz CT molecular complexity index is 490. The number of pyridine rings is 1. The van der Waals surface area contributed by atoms with Crippen LogP contribution in [0.2, 0.25) is 0 Å². The summed E-state index contributed by atoms with van der Waals surface area (Å²) in [6.07, 6.45) is 1.19. The number of anilines is 1. The summed E-state index contributed by atoms with van der Waals surface area (Å²) >= 11 is 0. The van der Waals surface area contributed by atoms with Crippen LogP contribution in [-0.2, 0) is 0 Å². The van der Waals surface area contributed by atoms with E-state index in [0.29, 0.717) is 17.2 Å². The van der Waals surface area contributed by atoms with E-state index in [-0.39, 0.29) is 5.69 Å². The smallest absolute Gasteiger partial charge is 0.287 e. The van der Waals surface area contributed by atoms with E-state index in [9.17, 15) is 10.1 Å². The molecule has 0 aromatic carbocycles. The number of aromatic nitrogens is 3. The van der Waals surface area contributed by atoms with Gasteiger partial charge in [0.05, 0.1) is 16.3 Å². The highest BCUT2D eigenvalue weighted by Gasteiger charge is 2.07. The van der Waals surface area contributed by atoms with Gasteiger partial charge in [-0.15, -0.1) is 0 Å². The second kappa shape index (κ2) is 3.37. The number of nitro groups is 1. The van der Waals surface area contributed by atoms with Gasteiger partial charge in [-0.2, -0.15) is 5.10 Å². The number of hydrogen-bond acceptors (Lipinski definition) is 5. The third kappa shape index (κ3) is 1.75. The number of hydrogen-bond donors (Lipinski definition) is 2. The first-order valence-corrected chi connectivity index (χ1v) is 4.08. The molecule has 0 radical (unpaired) electrons. The van der Waals surface area contributed by atoms with Crippen LogP contribution in [0.3, 0.4) is 0 Å². The Balaban J connectivity index is 2.35. The van der Waals surface area contributed by atoms with E-state index < -0.39 is 4.92 Å². The van der Waals surface area contributed by atoms with E-state index in [0.717, 1.165) is 0 Å². The van der Waals surface area contributed by atoms with Crippen LogP contribution in [0.1, 0.15) is 0 Å². The highest BCUT2D eigenvalue weighted by atomic mass is 16.6. The number of H-pyrrole nitrogens is 1. The normalized spacial score (nSPS) is 10.1. The van der Waals surface area contributed by atoms with Crippen molar-refractivity contribution in [1.82, 2.24) is 15.2 Å². The molecule has 0 aliphatic rings. The van der Waals surface area contributed by atoms with E-state index in [1.54, 1.807) is 6.07 Å². The quantitative estimate of drug-likeness (QED) is 0.560. The van der Waals surface area contributed by atoms with Crippen LogP contribution in [0, 0.1) is 10.1 Å². The molecule has 3 N–H and O–H groups in total. The lowest BCUT2D eigenvalue weighted by Crippen LogP contribution is -1.90. The standard InChI is InChI=1S/C8H7N5O2/c9-8-3-7(11-12-8)6-2-1-5(4-10-6)13(14)15/h1-4H,(H3,9,11,12). The maximum atomic E-state index is 10.4. The van der Waals surface area contributed by atoms with Gasteiger partial charge in [0.25, 0.3) is 5.69 Å². The highest BCUT2D eigenvalue weighted by molar-refractivity contribution is 5.58. The van der Waals surface area contributed by atoms with Gasteiger partial charge in [0.1, 0.15) is 12.0 Å². The van der Waals surface area contributed by atoms with Gasteiger partial charge in [-0.3, -0.25) is 15.2 Å². The van der Waals surface area contributed by atoms with Crippen LogP contribution in [0.15, 0.2) is 24.4 Å². The lowest BCUT2D eigenvalue weighted by Gasteiger charge is -1.94. The Morgan fingerprint density at radius 1 is 1.47 bits per heavy atom. The second-order valence-corrected chi connectivity index (χ2v) is 2.87. The predicted molar refractivity (Wildman–Crippen MR) is 52.9 cm³/mol. The molecule has 15 heavy (non-hydrogen) atoms. The van der Waals surface area contributed by atoms with Gasteiger partial charge in [-0.05, 0) is 6.07 Å². The topological polar surface area (TPSA) is 111 Å². The zero-order valence-electron chi connectivity index (χ0n) is 7.54. The van der Waals surface area contributed by atoms with Gasteiger partial charge in [0.15, 0.2) is 0 Å². The fourth-order valence-corrected chi connectivity index (χ4v) is 1.12. The molecule has 0 bridgehead atoms. The van der Waals surface area contributed by atoms with Crippen molar-refractivity contribution in [2.45, 2.75) is 0 Å². The number of rotatable bonds is 2. The van der Waals surface area contributed by atoms with Crippen LogP contribution in [0.25, 0.3) is 11.4 Å². The molecule has 7 heteroatoms. The van der Waals surface area contributed by atoms with Gasteiger partial charge in [-0.1, -0.05) is 0 Å². The van der Waals surface area contributed by atoms with Crippen LogP contribution < -0.4 is 5.73 Å². The lowest BCUT2D eigenvalue weighted by molar-refractivity contribution is -0.385. The number of nitrogens with two attached hydrogens (primary N) is 1. The Morgan fingerprint density at radius 3 is 2.73 bits per heavy atom. The number of nitrogen functional groups attached to an aromatic ring is 1. The van der Waals surface area contributed by atoms with Crippen LogP contribution in [-0.4, -0.2) is 20.1 Å². The Morgan fingerprint density at radius 2 is 2.27 bits per heavy atom. The number of aromatic amines is 1. The molecule has 0 aliphatic heterocycles. The van der Waals surface area contributed by atoms with Gasteiger partial charge >= 0.3 is 0 Å². The molecule has 0 fully saturated rings. The van der Waals surface area contributed by atoms with Gasteiger partial charge < -0.3 is 5.73 Å². The molecular weight excluding hydrogens is 198 g/mol. The Labute approximate surface area is 84.1 Å². The molecule has 7 nitrogen and oxygen atoms in total. The van der Waals surface area contributed by atoms with E-state index in [4.69, 9.17) is 5.73 Å². The van der Waals surface area contributed by atoms with E-state index >= 15 is 0 Å². The summed E-state index contributed by atoms with van der Waals surface area (Å²) in [5.41, 5.74) is 6.55. The third-order valence-electron chi connectivity index (χ3n) is 1.83. The van der Waals surface area contributed by atoms with Crippen molar-refractivity contribution in [3.8, 4) is 11.4 Å². The van der Waals surface area contributed by atoms with Crippen molar-refractivity contribution >= 4 is 11.5 Å². The molecule has 0 unspecified atom stereocenters. The molecule has 0 amide bonds. The second-order valence-electron chi connectivity index (χ2n) is 2.87. The molecular formula is C8H7N5O2. The Kier molecular flexibility index (Phi) is 2.05. The highest BCUT2D eigenvalue weighted by Crippen LogP contribution is 2.18. The number of nitrogens with one attached hydrogen (secondary N) is 1. The molecule has 0 aliphatic carbocycles. The molecule has 0 saturated heterocycles. The summed E-state index contributed by atoms with van der Waals surface area (Å²) < 4.78 is 0. The minimum absolute atomic E-state index is 0.0498. The summed E-state index contributed by atoms with van der Waals surface area (Å²) in [6, 6.07) is 4.51. The van der Waals surface area contributed by atoms with Gasteiger partial charge in [-0.25, -0.2) is 4.98 Å². The average Bonchev–Trinajstić information content (AvgIpc) is 2.65.